The molecule has 0 unspecified atom stereocenters. The number of benzene rings is 3. The lowest BCUT2D eigenvalue weighted by Crippen LogP contribution is -2.04. The first kappa shape index (κ1) is 17.7. The predicted molar refractivity (Wildman–Crippen MR) is 107 cm³/mol. The maximum Gasteiger partial charge on any atom is 0.335 e. The number of carboxylic acid groups (broad SMARTS) is 2. The number of carboxylic acids is 2. The molecule has 0 saturated heterocycles. The number of hydrogen-bond acceptors (Lipinski definition) is 2. The Morgan fingerprint density at radius 1 is 0.821 bits per heavy atom. The summed E-state index contributed by atoms with van der Waals surface area (Å²) < 4.78 is 2.01. The highest BCUT2D eigenvalue weighted by atomic mass is 16.4. The van der Waals surface area contributed by atoms with Crippen molar-refractivity contribution in [2.24, 2.45) is 0 Å². The molecular formula is C23H18NO4+. The first-order valence-electron chi connectivity index (χ1n) is 8.91. The lowest BCUT2D eigenvalue weighted by Gasteiger charge is -2.06. The predicted octanol–water partition coefficient (Wildman–Crippen LogP) is 4.14. The van der Waals surface area contributed by atoms with Crippen molar-refractivity contribution in [2.75, 3.05) is 0 Å². The highest BCUT2D eigenvalue weighted by Gasteiger charge is 2.25. The van der Waals surface area contributed by atoms with Gasteiger partial charge in [0.15, 0.2) is 6.21 Å². The Morgan fingerprint density at radius 2 is 1.50 bits per heavy atom. The minimum atomic E-state index is -0.951. The zero-order valence-corrected chi connectivity index (χ0v) is 15.0. The van der Waals surface area contributed by atoms with Crippen molar-refractivity contribution in [3.63, 3.8) is 0 Å². The van der Waals surface area contributed by atoms with E-state index in [1.54, 1.807) is 36.4 Å². The zero-order valence-electron chi connectivity index (χ0n) is 15.0. The molecule has 0 spiro atoms. The molecule has 0 aromatic heterocycles. The summed E-state index contributed by atoms with van der Waals surface area (Å²) >= 11 is 0. The summed E-state index contributed by atoms with van der Waals surface area (Å²) in [6, 6.07) is 20.0. The maximum absolute atomic E-state index is 11.3. The topological polar surface area (TPSA) is 77.6 Å². The van der Waals surface area contributed by atoms with Crippen molar-refractivity contribution in [2.45, 2.75) is 12.8 Å². The van der Waals surface area contributed by atoms with E-state index in [0.717, 1.165) is 28.9 Å². The lowest BCUT2D eigenvalue weighted by atomic mass is 10.0. The van der Waals surface area contributed by atoms with E-state index < -0.39 is 11.9 Å². The normalized spacial score (nSPS) is 12.4. The van der Waals surface area contributed by atoms with Crippen LogP contribution in [0, 0.1) is 0 Å². The van der Waals surface area contributed by atoms with Gasteiger partial charge >= 0.3 is 11.9 Å². The number of aromatic carboxylic acids is 2. The van der Waals surface area contributed by atoms with Crippen LogP contribution in [0.5, 0.6) is 0 Å². The van der Waals surface area contributed by atoms with Gasteiger partial charge in [0.25, 0.3) is 0 Å². The molecule has 5 heteroatoms. The van der Waals surface area contributed by atoms with Gasteiger partial charge in [-0.05, 0) is 35.7 Å². The summed E-state index contributed by atoms with van der Waals surface area (Å²) in [5.41, 5.74) is 5.53. The zero-order chi connectivity index (χ0) is 19.7. The van der Waals surface area contributed by atoms with E-state index in [4.69, 9.17) is 0 Å². The van der Waals surface area contributed by atoms with Crippen LogP contribution in [0.15, 0.2) is 66.7 Å². The van der Waals surface area contributed by atoms with Crippen molar-refractivity contribution in [1.82, 2.24) is 4.58 Å². The van der Waals surface area contributed by atoms with Gasteiger partial charge in [-0.3, -0.25) is 0 Å². The molecule has 0 aliphatic carbocycles. The van der Waals surface area contributed by atoms with E-state index in [0.29, 0.717) is 6.42 Å². The Hall–Kier alpha value is -3.73. The molecule has 4 rings (SSSR count). The van der Waals surface area contributed by atoms with Crippen molar-refractivity contribution in [3.05, 3.63) is 94.5 Å². The Bertz CT molecular complexity index is 1130. The van der Waals surface area contributed by atoms with Crippen LogP contribution < -0.4 is 4.58 Å². The average molecular weight is 372 g/mol. The van der Waals surface area contributed by atoms with Crippen molar-refractivity contribution in [1.29, 1.82) is 0 Å². The van der Waals surface area contributed by atoms with E-state index in [2.05, 4.69) is 18.2 Å². The number of rotatable bonds is 5. The van der Waals surface area contributed by atoms with Crippen molar-refractivity contribution >= 4 is 29.5 Å². The summed E-state index contributed by atoms with van der Waals surface area (Å²) in [6.45, 7) is 0. The fourth-order valence-corrected chi connectivity index (χ4v) is 3.49. The van der Waals surface area contributed by atoms with Crippen LogP contribution in [-0.4, -0.2) is 28.4 Å². The lowest BCUT2D eigenvalue weighted by molar-refractivity contribution is 0.0686. The minimum absolute atomic E-state index is 0.251. The van der Waals surface area contributed by atoms with Crippen LogP contribution in [-0.2, 0) is 12.8 Å². The third kappa shape index (κ3) is 3.42. The Morgan fingerprint density at radius 3 is 2.25 bits per heavy atom. The SMILES string of the molecule is O=C(O)c1cccc(Cc2ccc3c(c2)[N+](c2cccc(C(=O)O)c2)=CC3)c1. The van der Waals surface area contributed by atoms with Crippen LogP contribution >= 0.6 is 0 Å². The van der Waals surface area contributed by atoms with Gasteiger partial charge in [-0.2, -0.15) is 4.58 Å². The van der Waals surface area contributed by atoms with Crippen LogP contribution in [0.4, 0.5) is 11.4 Å². The minimum Gasteiger partial charge on any atom is -0.478 e. The first-order valence-corrected chi connectivity index (χ1v) is 8.91. The van der Waals surface area contributed by atoms with Crippen LogP contribution in [0.2, 0.25) is 0 Å². The first-order chi connectivity index (χ1) is 13.5. The number of nitrogens with zero attached hydrogens (tertiary/aromatic N) is 1. The maximum atomic E-state index is 11.3. The molecule has 3 aromatic rings. The molecule has 5 nitrogen and oxygen atoms in total. The molecule has 3 aromatic carbocycles. The third-order valence-corrected chi connectivity index (χ3v) is 4.86. The monoisotopic (exact) mass is 372 g/mol. The molecule has 0 bridgehead atoms. The molecule has 2 N–H and O–H groups in total. The molecule has 0 fully saturated rings. The molecule has 28 heavy (non-hydrogen) atoms. The van der Waals surface area contributed by atoms with E-state index in [9.17, 15) is 19.8 Å². The number of fused-ring (bicyclic) bond motifs is 1. The molecular weight excluding hydrogens is 354 g/mol. The molecule has 0 atom stereocenters. The molecule has 0 saturated carbocycles. The van der Waals surface area contributed by atoms with Gasteiger partial charge in [-0.15, -0.1) is 0 Å². The molecule has 0 radical (unpaired) electrons. The second-order valence-corrected chi connectivity index (χ2v) is 6.76. The Balaban J connectivity index is 1.66. The van der Waals surface area contributed by atoms with Gasteiger partial charge in [0.1, 0.15) is 0 Å². The summed E-state index contributed by atoms with van der Waals surface area (Å²) in [4.78, 5) is 22.5. The highest BCUT2D eigenvalue weighted by Crippen LogP contribution is 2.30. The fourth-order valence-electron chi connectivity index (χ4n) is 3.49. The Labute approximate surface area is 161 Å². The van der Waals surface area contributed by atoms with Gasteiger partial charge in [-0.25, -0.2) is 9.59 Å². The Kier molecular flexibility index (Phi) is 4.49. The van der Waals surface area contributed by atoms with Crippen molar-refractivity contribution < 1.29 is 19.8 Å². The van der Waals surface area contributed by atoms with Gasteiger partial charge in [0, 0.05) is 23.8 Å². The molecule has 0 amide bonds. The van der Waals surface area contributed by atoms with Crippen molar-refractivity contribution in [3.8, 4) is 0 Å². The number of carbonyl (C=O) groups is 2. The van der Waals surface area contributed by atoms with Crippen LogP contribution in [0.1, 0.15) is 37.4 Å². The third-order valence-electron chi connectivity index (χ3n) is 4.86. The highest BCUT2D eigenvalue weighted by molar-refractivity contribution is 5.90. The molecule has 138 valence electrons. The van der Waals surface area contributed by atoms with Gasteiger partial charge in [0.05, 0.1) is 17.5 Å². The molecule has 1 heterocycles. The summed E-state index contributed by atoms with van der Waals surface area (Å²) in [7, 11) is 0. The largest absolute Gasteiger partial charge is 0.478 e. The van der Waals surface area contributed by atoms with Gasteiger partial charge < -0.3 is 10.2 Å². The van der Waals surface area contributed by atoms with E-state index in [-0.39, 0.29) is 11.1 Å². The fraction of sp³-hybridized carbons (Fsp3) is 0.0870. The number of hydrogen-bond donors (Lipinski definition) is 2. The standard InChI is InChI=1S/C23H17NO4/c25-22(26)18-4-1-3-15(12-18)11-16-7-8-17-9-10-24(21(17)13-16)20-6-2-5-19(14-20)23(27)28/h1-8,10,12-14H,9,11H2,(H-,25,26,27,28)/p+1. The summed E-state index contributed by atoms with van der Waals surface area (Å²) in [5, 5.41) is 18.4. The van der Waals surface area contributed by atoms with Gasteiger partial charge in [-0.1, -0.05) is 30.3 Å². The van der Waals surface area contributed by atoms with E-state index >= 15 is 0 Å². The quantitative estimate of drug-likeness (QED) is 0.660. The molecule has 1 aliphatic rings. The smallest absolute Gasteiger partial charge is 0.335 e. The van der Waals surface area contributed by atoms with E-state index in [1.165, 1.54) is 5.56 Å². The summed E-state index contributed by atoms with van der Waals surface area (Å²) in [5.74, 6) is -1.89. The molecule has 1 aliphatic heterocycles. The second kappa shape index (κ2) is 7.12. The second-order valence-electron chi connectivity index (χ2n) is 6.76. The van der Waals surface area contributed by atoms with Crippen LogP contribution in [0.3, 0.4) is 0 Å². The summed E-state index contributed by atoms with van der Waals surface area (Å²) in [6.07, 6.45) is 3.44. The van der Waals surface area contributed by atoms with Gasteiger partial charge in [0.2, 0.25) is 11.4 Å². The van der Waals surface area contributed by atoms with Crippen LogP contribution in [0.25, 0.3) is 0 Å². The average Bonchev–Trinajstić information content (AvgIpc) is 3.11. The van der Waals surface area contributed by atoms with E-state index in [1.807, 2.05) is 22.9 Å².